The van der Waals surface area contributed by atoms with Crippen LogP contribution in [0.25, 0.3) is 0 Å². The van der Waals surface area contributed by atoms with Crippen LogP contribution in [-0.2, 0) is 22.4 Å². The number of benzene rings is 1. The standard InChI is InChI=1S/C23H29N3O3S/c1-16-6-5-7-17(14-16)26-12-10-25(11-13-26)15-20(27)24-22-21(23(28)29-2)18-8-3-4-9-19(18)30-22/h5-7,14H,3-4,8-13,15H2,1-2H3,(H,24,27). The third-order valence-electron chi connectivity index (χ3n) is 5.92. The van der Waals surface area contributed by atoms with Crippen LogP contribution in [0, 0.1) is 6.92 Å². The number of ether oxygens (including phenoxy) is 1. The molecule has 30 heavy (non-hydrogen) atoms. The number of nitrogens with one attached hydrogen (secondary N) is 1. The second-order valence-electron chi connectivity index (χ2n) is 8.06. The van der Waals surface area contributed by atoms with Crippen LogP contribution >= 0.6 is 11.3 Å². The van der Waals surface area contributed by atoms with Gasteiger partial charge in [-0.2, -0.15) is 0 Å². The molecule has 1 aliphatic heterocycles. The highest BCUT2D eigenvalue weighted by Gasteiger charge is 2.27. The van der Waals surface area contributed by atoms with Gasteiger partial charge in [-0.3, -0.25) is 9.69 Å². The SMILES string of the molecule is COC(=O)c1c(NC(=O)CN2CCN(c3cccc(C)c3)CC2)sc2c1CCCC2. The molecule has 1 aromatic heterocycles. The van der Waals surface area contributed by atoms with Gasteiger partial charge in [-0.15, -0.1) is 11.3 Å². The predicted molar refractivity (Wildman–Crippen MR) is 121 cm³/mol. The molecular formula is C23H29N3O3S. The Kier molecular flexibility index (Phi) is 6.39. The van der Waals surface area contributed by atoms with E-state index in [4.69, 9.17) is 4.74 Å². The van der Waals surface area contributed by atoms with E-state index in [0.29, 0.717) is 17.1 Å². The fourth-order valence-electron chi connectivity index (χ4n) is 4.33. The normalized spacial score (nSPS) is 16.8. The maximum absolute atomic E-state index is 12.7. The number of carbonyl (C=O) groups excluding carboxylic acids is 2. The van der Waals surface area contributed by atoms with Crippen molar-refractivity contribution in [2.24, 2.45) is 0 Å². The summed E-state index contributed by atoms with van der Waals surface area (Å²) in [6, 6.07) is 8.54. The topological polar surface area (TPSA) is 61.9 Å². The summed E-state index contributed by atoms with van der Waals surface area (Å²) in [5, 5.41) is 3.65. The number of hydrogen-bond acceptors (Lipinski definition) is 6. The van der Waals surface area contributed by atoms with Crippen molar-refractivity contribution in [2.75, 3.05) is 50.1 Å². The van der Waals surface area contributed by atoms with Crippen molar-refractivity contribution in [3.8, 4) is 0 Å². The zero-order chi connectivity index (χ0) is 21.1. The number of rotatable bonds is 5. The van der Waals surface area contributed by atoms with Gasteiger partial charge in [0, 0.05) is 36.7 Å². The second kappa shape index (κ2) is 9.18. The number of esters is 1. The van der Waals surface area contributed by atoms with Gasteiger partial charge in [-0.1, -0.05) is 12.1 Å². The van der Waals surface area contributed by atoms with Gasteiger partial charge in [-0.25, -0.2) is 4.79 Å². The smallest absolute Gasteiger partial charge is 0.341 e. The Hall–Kier alpha value is -2.38. The number of carbonyl (C=O) groups is 2. The molecule has 0 atom stereocenters. The molecule has 2 aromatic rings. The monoisotopic (exact) mass is 427 g/mol. The van der Waals surface area contributed by atoms with Crippen molar-refractivity contribution in [2.45, 2.75) is 32.6 Å². The van der Waals surface area contributed by atoms with Crippen LogP contribution in [-0.4, -0.2) is 56.6 Å². The van der Waals surface area contributed by atoms with Crippen LogP contribution in [0.2, 0.25) is 0 Å². The van der Waals surface area contributed by atoms with E-state index in [0.717, 1.165) is 57.4 Å². The number of fused-ring (bicyclic) bond motifs is 1. The molecule has 0 saturated carbocycles. The van der Waals surface area contributed by atoms with Crippen LogP contribution in [0.3, 0.4) is 0 Å². The van der Waals surface area contributed by atoms with Gasteiger partial charge < -0.3 is 15.0 Å². The van der Waals surface area contributed by atoms with Crippen molar-refractivity contribution < 1.29 is 14.3 Å². The molecule has 1 aliphatic carbocycles. The van der Waals surface area contributed by atoms with Crippen LogP contribution < -0.4 is 10.2 Å². The molecule has 0 radical (unpaired) electrons. The Morgan fingerprint density at radius 2 is 1.90 bits per heavy atom. The minimum Gasteiger partial charge on any atom is -0.465 e. The average Bonchev–Trinajstić information content (AvgIpc) is 3.11. The van der Waals surface area contributed by atoms with Gasteiger partial charge in [-0.05, 0) is 55.9 Å². The van der Waals surface area contributed by atoms with Gasteiger partial charge in [0.05, 0.1) is 19.2 Å². The van der Waals surface area contributed by atoms with Gasteiger partial charge in [0.25, 0.3) is 0 Å². The number of methoxy groups -OCH3 is 1. The minimum absolute atomic E-state index is 0.0669. The molecule has 1 amide bonds. The van der Waals surface area contributed by atoms with Crippen molar-refractivity contribution in [1.82, 2.24) is 4.90 Å². The van der Waals surface area contributed by atoms with Crippen molar-refractivity contribution in [1.29, 1.82) is 0 Å². The summed E-state index contributed by atoms with van der Waals surface area (Å²) in [4.78, 5) is 30.8. The zero-order valence-corrected chi connectivity index (χ0v) is 18.5. The molecule has 1 saturated heterocycles. The average molecular weight is 428 g/mol. The van der Waals surface area contributed by atoms with E-state index < -0.39 is 0 Å². The van der Waals surface area contributed by atoms with E-state index in [1.807, 2.05) is 0 Å². The summed E-state index contributed by atoms with van der Waals surface area (Å²) in [6.45, 7) is 5.92. The number of nitrogens with zero attached hydrogens (tertiary/aromatic N) is 2. The number of aryl methyl sites for hydroxylation is 2. The van der Waals surface area contributed by atoms with Crippen molar-refractivity contribution >= 4 is 33.9 Å². The zero-order valence-electron chi connectivity index (χ0n) is 17.7. The highest BCUT2D eigenvalue weighted by Crippen LogP contribution is 2.38. The summed E-state index contributed by atoms with van der Waals surface area (Å²) in [5.41, 5.74) is 4.13. The number of hydrogen-bond donors (Lipinski definition) is 1. The third kappa shape index (κ3) is 4.52. The van der Waals surface area contributed by atoms with E-state index in [1.165, 1.54) is 34.6 Å². The molecule has 0 bridgehead atoms. The Morgan fingerprint density at radius 3 is 2.63 bits per heavy atom. The first-order chi connectivity index (χ1) is 14.5. The van der Waals surface area contributed by atoms with E-state index in [2.05, 4.69) is 46.3 Å². The Balaban J connectivity index is 1.37. The van der Waals surface area contributed by atoms with Crippen LogP contribution in [0.1, 0.15) is 39.2 Å². The molecule has 2 aliphatic rings. The first-order valence-corrected chi connectivity index (χ1v) is 11.4. The Morgan fingerprint density at radius 1 is 1.13 bits per heavy atom. The second-order valence-corrected chi connectivity index (χ2v) is 9.16. The quantitative estimate of drug-likeness (QED) is 0.741. The molecule has 160 valence electrons. The molecule has 0 spiro atoms. The summed E-state index contributed by atoms with van der Waals surface area (Å²) >= 11 is 1.54. The summed E-state index contributed by atoms with van der Waals surface area (Å²) in [5.74, 6) is -0.417. The van der Waals surface area contributed by atoms with E-state index in [9.17, 15) is 9.59 Å². The fourth-order valence-corrected chi connectivity index (χ4v) is 5.62. The Bertz CT molecular complexity index is 932. The lowest BCUT2D eigenvalue weighted by molar-refractivity contribution is -0.117. The number of amides is 1. The largest absolute Gasteiger partial charge is 0.465 e. The first kappa shape index (κ1) is 20.9. The summed E-state index contributed by atoms with van der Waals surface area (Å²) in [7, 11) is 1.40. The lowest BCUT2D eigenvalue weighted by Gasteiger charge is -2.35. The number of anilines is 2. The molecule has 1 aromatic carbocycles. The third-order valence-corrected chi connectivity index (χ3v) is 7.13. The maximum Gasteiger partial charge on any atom is 0.341 e. The lowest BCUT2D eigenvalue weighted by atomic mass is 9.95. The Labute approximate surface area is 181 Å². The van der Waals surface area contributed by atoms with Gasteiger partial charge in [0.2, 0.25) is 5.91 Å². The van der Waals surface area contributed by atoms with E-state index in [-0.39, 0.29) is 11.9 Å². The minimum atomic E-state index is -0.350. The highest BCUT2D eigenvalue weighted by atomic mass is 32.1. The number of thiophene rings is 1. The van der Waals surface area contributed by atoms with Gasteiger partial charge >= 0.3 is 5.97 Å². The molecule has 2 heterocycles. The maximum atomic E-state index is 12.7. The highest BCUT2D eigenvalue weighted by molar-refractivity contribution is 7.17. The lowest BCUT2D eigenvalue weighted by Crippen LogP contribution is -2.48. The van der Waals surface area contributed by atoms with Crippen LogP contribution in [0.5, 0.6) is 0 Å². The fraction of sp³-hybridized carbons (Fsp3) is 0.478. The summed E-state index contributed by atoms with van der Waals surface area (Å²) < 4.78 is 5.00. The molecule has 1 N–H and O–H groups in total. The van der Waals surface area contributed by atoms with Gasteiger partial charge in [0.1, 0.15) is 5.00 Å². The molecule has 0 unspecified atom stereocenters. The predicted octanol–water partition coefficient (Wildman–Crippen LogP) is 3.48. The number of piperazine rings is 1. The van der Waals surface area contributed by atoms with E-state index >= 15 is 0 Å². The molecule has 1 fully saturated rings. The van der Waals surface area contributed by atoms with Gasteiger partial charge in [0.15, 0.2) is 0 Å². The van der Waals surface area contributed by atoms with Crippen molar-refractivity contribution in [3.63, 3.8) is 0 Å². The molecule has 7 heteroatoms. The molecule has 6 nitrogen and oxygen atoms in total. The molecule has 4 rings (SSSR count). The van der Waals surface area contributed by atoms with E-state index in [1.54, 1.807) is 0 Å². The summed E-state index contributed by atoms with van der Waals surface area (Å²) in [6.07, 6.45) is 4.06. The van der Waals surface area contributed by atoms with Crippen molar-refractivity contribution in [3.05, 3.63) is 45.8 Å². The molecular weight excluding hydrogens is 398 g/mol. The van der Waals surface area contributed by atoms with Crippen LogP contribution in [0.4, 0.5) is 10.7 Å². The van der Waals surface area contributed by atoms with Crippen LogP contribution in [0.15, 0.2) is 24.3 Å². The first-order valence-electron chi connectivity index (χ1n) is 10.6.